The van der Waals surface area contributed by atoms with E-state index in [-0.39, 0.29) is 6.10 Å². The van der Waals surface area contributed by atoms with E-state index in [4.69, 9.17) is 14.1 Å². The van der Waals surface area contributed by atoms with Gasteiger partial charge in [0.25, 0.3) is 0 Å². The SMILES string of the molecule is COc1ccc(-c2nc(CN3CCC[C@H](O)C3)c(C)o2)c(C)c1C. The van der Waals surface area contributed by atoms with Crippen LogP contribution in [0.4, 0.5) is 0 Å². The molecule has 1 aromatic carbocycles. The molecule has 1 aromatic heterocycles. The molecular weight excluding hydrogens is 304 g/mol. The van der Waals surface area contributed by atoms with Gasteiger partial charge < -0.3 is 14.3 Å². The summed E-state index contributed by atoms with van der Waals surface area (Å²) < 4.78 is 11.3. The Balaban J connectivity index is 1.85. The number of nitrogens with zero attached hydrogens (tertiary/aromatic N) is 2. The molecule has 1 saturated heterocycles. The number of aliphatic hydroxyl groups excluding tert-OH is 1. The van der Waals surface area contributed by atoms with Crippen molar-refractivity contribution in [1.82, 2.24) is 9.88 Å². The molecule has 0 spiro atoms. The summed E-state index contributed by atoms with van der Waals surface area (Å²) >= 11 is 0. The standard InChI is InChI=1S/C19H26N2O3/c1-12-13(2)18(23-4)8-7-16(12)19-20-17(14(3)24-19)11-21-9-5-6-15(22)10-21/h7-8,15,22H,5-6,9-11H2,1-4H3/t15-/m0/s1. The highest BCUT2D eigenvalue weighted by Crippen LogP contribution is 2.31. The Labute approximate surface area is 143 Å². The molecule has 2 aromatic rings. The van der Waals surface area contributed by atoms with Crippen LogP contribution in [0, 0.1) is 20.8 Å². The molecule has 1 N–H and O–H groups in total. The summed E-state index contributed by atoms with van der Waals surface area (Å²) in [6.07, 6.45) is 1.70. The van der Waals surface area contributed by atoms with E-state index in [1.165, 1.54) is 0 Å². The topological polar surface area (TPSA) is 58.7 Å². The van der Waals surface area contributed by atoms with Gasteiger partial charge in [-0.3, -0.25) is 4.90 Å². The number of benzene rings is 1. The summed E-state index contributed by atoms with van der Waals surface area (Å²) in [7, 11) is 1.68. The van der Waals surface area contributed by atoms with E-state index in [1.807, 2.05) is 26.0 Å². The number of rotatable bonds is 4. The van der Waals surface area contributed by atoms with Gasteiger partial charge in [0.15, 0.2) is 0 Å². The Bertz CT molecular complexity index is 724. The number of piperidine rings is 1. The number of β-amino-alcohol motifs (C(OH)–C–C–N with tert-alkyl or cyclic N) is 1. The number of hydrogen-bond acceptors (Lipinski definition) is 5. The first-order chi connectivity index (χ1) is 11.5. The highest BCUT2D eigenvalue weighted by Gasteiger charge is 2.21. The van der Waals surface area contributed by atoms with E-state index in [9.17, 15) is 5.11 Å². The van der Waals surface area contributed by atoms with E-state index in [1.54, 1.807) is 7.11 Å². The summed E-state index contributed by atoms with van der Waals surface area (Å²) in [5.74, 6) is 2.38. The molecule has 130 valence electrons. The maximum Gasteiger partial charge on any atom is 0.226 e. The number of aliphatic hydroxyl groups is 1. The molecule has 2 heterocycles. The number of methoxy groups -OCH3 is 1. The minimum atomic E-state index is -0.225. The lowest BCUT2D eigenvalue weighted by atomic mass is 10.0. The van der Waals surface area contributed by atoms with Gasteiger partial charge in [0.05, 0.1) is 18.9 Å². The highest BCUT2D eigenvalue weighted by atomic mass is 16.5. The average Bonchev–Trinajstić information content (AvgIpc) is 2.90. The number of aromatic nitrogens is 1. The first kappa shape index (κ1) is 17.0. The Kier molecular flexibility index (Phi) is 4.92. The molecule has 0 unspecified atom stereocenters. The second-order valence-corrected chi connectivity index (χ2v) is 6.62. The van der Waals surface area contributed by atoms with Crippen molar-refractivity contribution in [3.63, 3.8) is 0 Å². The zero-order chi connectivity index (χ0) is 17.3. The van der Waals surface area contributed by atoms with Crippen molar-refractivity contribution in [3.05, 3.63) is 34.7 Å². The number of hydrogen-bond donors (Lipinski definition) is 1. The highest BCUT2D eigenvalue weighted by molar-refractivity contribution is 5.63. The van der Waals surface area contributed by atoms with Crippen LogP contribution in [0.3, 0.4) is 0 Å². The molecule has 0 bridgehead atoms. The normalized spacial score (nSPS) is 18.8. The van der Waals surface area contributed by atoms with Crippen molar-refractivity contribution in [2.24, 2.45) is 0 Å². The van der Waals surface area contributed by atoms with Gasteiger partial charge in [0.2, 0.25) is 5.89 Å². The molecule has 0 saturated carbocycles. The minimum absolute atomic E-state index is 0.225. The molecule has 24 heavy (non-hydrogen) atoms. The van der Waals surface area contributed by atoms with Gasteiger partial charge in [-0.15, -0.1) is 0 Å². The smallest absolute Gasteiger partial charge is 0.226 e. The van der Waals surface area contributed by atoms with Gasteiger partial charge in [-0.1, -0.05) is 0 Å². The largest absolute Gasteiger partial charge is 0.496 e. The molecule has 5 heteroatoms. The Morgan fingerprint density at radius 3 is 2.79 bits per heavy atom. The molecule has 0 aliphatic carbocycles. The summed E-state index contributed by atoms with van der Waals surface area (Å²) in [5.41, 5.74) is 4.18. The van der Waals surface area contributed by atoms with Crippen molar-refractivity contribution in [2.45, 2.75) is 46.3 Å². The van der Waals surface area contributed by atoms with Crippen LogP contribution >= 0.6 is 0 Å². The Morgan fingerprint density at radius 1 is 1.29 bits per heavy atom. The second kappa shape index (κ2) is 6.95. The van der Waals surface area contributed by atoms with Crippen molar-refractivity contribution in [3.8, 4) is 17.2 Å². The molecule has 0 radical (unpaired) electrons. The zero-order valence-corrected chi connectivity index (χ0v) is 14.9. The van der Waals surface area contributed by atoms with Crippen molar-refractivity contribution >= 4 is 0 Å². The Hall–Kier alpha value is -1.85. The van der Waals surface area contributed by atoms with E-state index in [0.717, 1.165) is 59.8 Å². The first-order valence-corrected chi connectivity index (χ1v) is 8.51. The molecule has 1 fully saturated rings. The number of likely N-dealkylation sites (tertiary alicyclic amines) is 1. The summed E-state index contributed by atoms with van der Waals surface area (Å²) in [6.45, 7) is 8.50. The number of aryl methyl sites for hydroxylation is 1. The van der Waals surface area contributed by atoms with E-state index in [0.29, 0.717) is 12.4 Å². The molecular formula is C19H26N2O3. The van der Waals surface area contributed by atoms with Crippen molar-refractivity contribution < 1.29 is 14.3 Å². The van der Waals surface area contributed by atoms with Crippen molar-refractivity contribution in [1.29, 1.82) is 0 Å². The maximum atomic E-state index is 9.83. The third-order valence-corrected chi connectivity index (χ3v) is 4.93. The van der Waals surface area contributed by atoms with E-state index < -0.39 is 0 Å². The predicted octanol–water partition coefficient (Wildman–Crippen LogP) is 3.23. The van der Waals surface area contributed by atoms with E-state index in [2.05, 4.69) is 11.8 Å². The monoisotopic (exact) mass is 330 g/mol. The molecule has 1 aliphatic heterocycles. The lowest BCUT2D eigenvalue weighted by molar-refractivity contribution is 0.0660. The summed E-state index contributed by atoms with van der Waals surface area (Å²) in [6, 6.07) is 3.96. The second-order valence-electron chi connectivity index (χ2n) is 6.62. The van der Waals surface area contributed by atoms with Crippen LogP contribution < -0.4 is 4.74 Å². The predicted molar refractivity (Wildman–Crippen MR) is 93.2 cm³/mol. The van der Waals surface area contributed by atoms with Gasteiger partial charge in [-0.25, -0.2) is 4.98 Å². The number of oxazole rings is 1. The van der Waals surface area contributed by atoms with Crippen LogP contribution in [0.2, 0.25) is 0 Å². The lowest BCUT2D eigenvalue weighted by Crippen LogP contribution is -2.37. The van der Waals surface area contributed by atoms with Gasteiger partial charge >= 0.3 is 0 Å². The molecule has 5 nitrogen and oxygen atoms in total. The quantitative estimate of drug-likeness (QED) is 0.932. The van der Waals surface area contributed by atoms with Crippen LogP contribution in [-0.2, 0) is 6.54 Å². The molecule has 1 aliphatic rings. The third-order valence-electron chi connectivity index (χ3n) is 4.93. The average molecular weight is 330 g/mol. The lowest BCUT2D eigenvalue weighted by Gasteiger charge is -2.29. The molecule has 0 amide bonds. The fourth-order valence-electron chi connectivity index (χ4n) is 3.33. The van der Waals surface area contributed by atoms with Gasteiger partial charge in [-0.05, 0) is 63.4 Å². The van der Waals surface area contributed by atoms with Crippen molar-refractivity contribution in [2.75, 3.05) is 20.2 Å². The molecule has 3 rings (SSSR count). The fourth-order valence-corrected chi connectivity index (χ4v) is 3.33. The van der Waals surface area contributed by atoms with Crippen LogP contribution in [-0.4, -0.2) is 41.3 Å². The van der Waals surface area contributed by atoms with Gasteiger partial charge in [-0.2, -0.15) is 0 Å². The van der Waals surface area contributed by atoms with Crippen LogP contribution in [0.15, 0.2) is 16.5 Å². The van der Waals surface area contributed by atoms with E-state index >= 15 is 0 Å². The zero-order valence-electron chi connectivity index (χ0n) is 14.9. The van der Waals surface area contributed by atoms with Gasteiger partial charge in [0.1, 0.15) is 11.5 Å². The maximum absolute atomic E-state index is 9.83. The Morgan fingerprint density at radius 2 is 2.08 bits per heavy atom. The third kappa shape index (κ3) is 3.32. The van der Waals surface area contributed by atoms with Crippen LogP contribution in [0.1, 0.15) is 35.4 Å². The number of ether oxygens (including phenoxy) is 1. The molecule has 1 atom stereocenters. The summed E-state index contributed by atoms with van der Waals surface area (Å²) in [5, 5.41) is 9.83. The minimum Gasteiger partial charge on any atom is -0.496 e. The first-order valence-electron chi connectivity index (χ1n) is 8.51. The summed E-state index contributed by atoms with van der Waals surface area (Å²) in [4.78, 5) is 6.97. The van der Waals surface area contributed by atoms with Crippen LogP contribution in [0.25, 0.3) is 11.5 Å². The fraction of sp³-hybridized carbons (Fsp3) is 0.526. The van der Waals surface area contributed by atoms with Gasteiger partial charge in [0, 0.05) is 18.7 Å². The van der Waals surface area contributed by atoms with Crippen LogP contribution in [0.5, 0.6) is 5.75 Å².